The van der Waals surface area contributed by atoms with E-state index in [0.29, 0.717) is 11.3 Å². The summed E-state index contributed by atoms with van der Waals surface area (Å²) >= 11 is 0. The average molecular weight is 232 g/mol. The molecule has 0 spiro atoms. The standard InChI is InChI=1S/C13H16N2O2/c1-13(2,3)14-12(16)8-10-9-6-4-5-7-11(9)17-15-10/h4-7H,8H2,1-3H3,(H,14,16). The highest BCUT2D eigenvalue weighted by molar-refractivity contribution is 5.86. The number of hydrogen-bond acceptors (Lipinski definition) is 3. The Labute approximate surface area is 100.0 Å². The maximum atomic E-state index is 11.8. The summed E-state index contributed by atoms with van der Waals surface area (Å²) in [6.07, 6.45) is 0.244. The summed E-state index contributed by atoms with van der Waals surface area (Å²) in [5, 5.41) is 7.73. The van der Waals surface area contributed by atoms with Gasteiger partial charge in [-0.1, -0.05) is 17.3 Å². The van der Waals surface area contributed by atoms with E-state index in [2.05, 4.69) is 10.5 Å². The van der Waals surface area contributed by atoms with Gasteiger partial charge in [0, 0.05) is 10.9 Å². The molecule has 1 aromatic heterocycles. The van der Waals surface area contributed by atoms with Crippen molar-refractivity contribution in [3.05, 3.63) is 30.0 Å². The minimum atomic E-state index is -0.226. The summed E-state index contributed by atoms with van der Waals surface area (Å²) in [7, 11) is 0. The van der Waals surface area contributed by atoms with Crippen molar-refractivity contribution in [3.63, 3.8) is 0 Å². The number of nitrogens with one attached hydrogen (secondary N) is 1. The molecule has 1 amide bonds. The van der Waals surface area contributed by atoms with E-state index >= 15 is 0 Å². The molecule has 1 aromatic carbocycles. The van der Waals surface area contributed by atoms with Crippen molar-refractivity contribution in [2.75, 3.05) is 0 Å². The van der Waals surface area contributed by atoms with Gasteiger partial charge in [-0.15, -0.1) is 0 Å². The summed E-state index contributed by atoms with van der Waals surface area (Å²) in [6, 6.07) is 7.54. The van der Waals surface area contributed by atoms with Crippen LogP contribution in [0.5, 0.6) is 0 Å². The number of para-hydroxylation sites is 1. The molecule has 0 aliphatic rings. The Morgan fingerprint density at radius 1 is 1.35 bits per heavy atom. The minimum Gasteiger partial charge on any atom is -0.356 e. The second kappa shape index (κ2) is 4.20. The Morgan fingerprint density at radius 2 is 2.06 bits per heavy atom. The second-order valence-electron chi connectivity index (χ2n) is 5.10. The lowest BCUT2D eigenvalue weighted by Crippen LogP contribution is -2.41. The molecule has 0 radical (unpaired) electrons. The van der Waals surface area contributed by atoms with Gasteiger partial charge in [-0.2, -0.15) is 0 Å². The van der Waals surface area contributed by atoms with Crippen LogP contribution in [0, 0.1) is 0 Å². The lowest BCUT2D eigenvalue weighted by molar-refractivity contribution is -0.121. The third-order valence-corrected chi connectivity index (χ3v) is 2.29. The minimum absolute atomic E-state index is 0.0449. The van der Waals surface area contributed by atoms with Crippen LogP contribution in [0.4, 0.5) is 0 Å². The largest absolute Gasteiger partial charge is 0.356 e. The smallest absolute Gasteiger partial charge is 0.226 e. The Bertz CT molecular complexity index is 538. The Morgan fingerprint density at radius 3 is 2.76 bits per heavy atom. The number of fused-ring (bicyclic) bond motifs is 1. The second-order valence-corrected chi connectivity index (χ2v) is 5.10. The normalized spacial score (nSPS) is 11.7. The van der Waals surface area contributed by atoms with Crippen LogP contribution in [0.3, 0.4) is 0 Å². The Balaban J connectivity index is 2.16. The molecule has 4 nitrogen and oxygen atoms in total. The monoisotopic (exact) mass is 232 g/mol. The maximum Gasteiger partial charge on any atom is 0.226 e. The van der Waals surface area contributed by atoms with Gasteiger partial charge in [0.25, 0.3) is 0 Å². The number of carbonyl (C=O) groups is 1. The van der Waals surface area contributed by atoms with Crippen molar-refractivity contribution < 1.29 is 9.32 Å². The van der Waals surface area contributed by atoms with Gasteiger partial charge < -0.3 is 9.84 Å². The van der Waals surface area contributed by atoms with Crippen molar-refractivity contribution in [3.8, 4) is 0 Å². The maximum absolute atomic E-state index is 11.8. The quantitative estimate of drug-likeness (QED) is 0.864. The van der Waals surface area contributed by atoms with E-state index in [1.807, 2.05) is 45.0 Å². The van der Waals surface area contributed by atoms with Gasteiger partial charge in [0.1, 0.15) is 5.69 Å². The summed E-state index contributed by atoms with van der Waals surface area (Å²) in [5.74, 6) is -0.0449. The molecule has 1 heterocycles. The van der Waals surface area contributed by atoms with E-state index in [4.69, 9.17) is 4.52 Å². The van der Waals surface area contributed by atoms with Gasteiger partial charge in [-0.25, -0.2) is 0 Å². The predicted octanol–water partition coefficient (Wildman–Crippen LogP) is 2.29. The molecule has 0 atom stereocenters. The first-order valence-corrected chi connectivity index (χ1v) is 5.60. The van der Waals surface area contributed by atoms with Crippen LogP contribution >= 0.6 is 0 Å². The summed E-state index contributed by atoms with van der Waals surface area (Å²) < 4.78 is 5.15. The molecule has 1 N–H and O–H groups in total. The topological polar surface area (TPSA) is 55.1 Å². The van der Waals surface area contributed by atoms with Gasteiger partial charge >= 0.3 is 0 Å². The van der Waals surface area contributed by atoms with Crippen molar-refractivity contribution in [2.24, 2.45) is 0 Å². The first-order chi connectivity index (χ1) is 7.96. The van der Waals surface area contributed by atoms with Crippen molar-refractivity contribution >= 4 is 16.9 Å². The molecule has 90 valence electrons. The molecule has 0 aliphatic heterocycles. The molecule has 17 heavy (non-hydrogen) atoms. The lowest BCUT2D eigenvalue weighted by Gasteiger charge is -2.19. The molecule has 2 aromatic rings. The molecular weight excluding hydrogens is 216 g/mol. The number of carbonyl (C=O) groups excluding carboxylic acids is 1. The highest BCUT2D eigenvalue weighted by Crippen LogP contribution is 2.18. The van der Waals surface area contributed by atoms with E-state index in [9.17, 15) is 4.79 Å². The number of aromatic nitrogens is 1. The predicted molar refractivity (Wildman–Crippen MR) is 65.6 cm³/mol. The zero-order chi connectivity index (χ0) is 12.5. The van der Waals surface area contributed by atoms with Gasteiger partial charge in [0.05, 0.1) is 6.42 Å². The van der Waals surface area contributed by atoms with Crippen molar-refractivity contribution in [1.29, 1.82) is 0 Å². The third kappa shape index (κ3) is 2.84. The van der Waals surface area contributed by atoms with Crippen molar-refractivity contribution in [2.45, 2.75) is 32.7 Å². The van der Waals surface area contributed by atoms with Gasteiger partial charge in [0.2, 0.25) is 5.91 Å². The molecule has 0 bridgehead atoms. The summed E-state index contributed by atoms with van der Waals surface area (Å²) in [5.41, 5.74) is 1.17. The van der Waals surface area contributed by atoms with Crippen LogP contribution in [-0.4, -0.2) is 16.6 Å². The van der Waals surface area contributed by atoms with Gasteiger partial charge in [-0.3, -0.25) is 4.79 Å². The van der Waals surface area contributed by atoms with Crippen LogP contribution in [0.15, 0.2) is 28.8 Å². The zero-order valence-corrected chi connectivity index (χ0v) is 10.3. The fourth-order valence-corrected chi connectivity index (χ4v) is 1.68. The average Bonchev–Trinajstić information content (AvgIpc) is 2.59. The van der Waals surface area contributed by atoms with Crippen LogP contribution in [-0.2, 0) is 11.2 Å². The first-order valence-electron chi connectivity index (χ1n) is 5.60. The van der Waals surface area contributed by atoms with Crippen LogP contribution < -0.4 is 5.32 Å². The van der Waals surface area contributed by atoms with Crippen LogP contribution in [0.1, 0.15) is 26.5 Å². The summed E-state index contributed by atoms with van der Waals surface area (Å²) in [4.78, 5) is 11.8. The molecule has 0 fully saturated rings. The first kappa shape index (κ1) is 11.6. The number of hydrogen-bond donors (Lipinski definition) is 1. The number of rotatable bonds is 2. The fourth-order valence-electron chi connectivity index (χ4n) is 1.68. The fraction of sp³-hybridized carbons (Fsp3) is 0.385. The summed E-state index contributed by atoms with van der Waals surface area (Å²) in [6.45, 7) is 5.85. The van der Waals surface area contributed by atoms with E-state index in [-0.39, 0.29) is 17.9 Å². The van der Waals surface area contributed by atoms with E-state index < -0.39 is 0 Å². The van der Waals surface area contributed by atoms with Crippen LogP contribution in [0.2, 0.25) is 0 Å². The molecule has 4 heteroatoms. The molecule has 0 saturated heterocycles. The number of amides is 1. The number of nitrogens with zero attached hydrogens (tertiary/aromatic N) is 1. The Hall–Kier alpha value is -1.84. The Kier molecular flexibility index (Phi) is 2.88. The van der Waals surface area contributed by atoms with E-state index in [1.165, 1.54) is 0 Å². The highest BCUT2D eigenvalue weighted by atomic mass is 16.5. The zero-order valence-electron chi connectivity index (χ0n) is 10.3. The molecule has 0 unspecified atom stereocenters. The lowest BCUT2D eigenvalue weighted by atomic mass is 10.1. The highest BCUT2D eigenvalue weighted by Gasteiger charge is 2.16. The number of benzene rings is 1. The van der Waals surface area contributed by atoms with Crippen LogP contribution in [0.25, 0.3) is 11.0 Å². The molecular formula is C13H16N2O2. The molecule has 0 saturated carbocycles. The van der Waals surface area contributed by atoms with E-state index in [1.54, 1.807) is 0 Å². The van der Waals surface area contributed by atoms with Gasteiger partial charge in [0.15, 0.2) is 5.58 Å². The SMILES string of the molecule is CC(C)(C)NC(=O)Cc1noc2ccccc12. The third-order valence-electron chi connectivity index (χ3n) is 2.29. The van der Waals surface area contributed by atoms with Gasteiger partial charge in [-0.05, 0) is 32.9 Å². The molecule has 0 aliphatic carbocycles. The molecule has 2 rings (SSSR count). The van der Waals surface area contributed by atoms with Crippen molar-refractivity contribution in [1.82, 2.24) is 10.5 Å². The van der Waals surface area contributed by atoms with E-state index in [0.717, 1.165) is 5.39 Å².